The number of methoxy groups -OCH3 is 1. The van der Waals surface area contributed by atoms with Gasteiger partial charge in [0.05, 0.1) is 25.8 Å². The molecule has 0 aliphatic rings. The second-order valence-electron chi connectivity index (χ2n) is 7.03. The Morgan fingerprint density at radius 1 is 1.06 bits per heavy atom. The Labute approximate surface area is 206 Å². The zero-order chi connectivity index (χ0) is 21.9. The number of aromatic nitrogens is 2. The van der Waals surface area contributed by atoms with Crippen molar-refractivity contribution in [1.82, 2.24) is 20.4 Å². The van der Waals surface area contributed by atoms with Gasteiger partial charge in [-0.3, -0.25) is 4.68 Å². The van der Waals surface area contributed by atoms with Gasteiger partial charge < -0.3 is 15.4 Å². The molecule has 0 spiro atoms. The van der Waals surface area contributed by atoms with Crippen LogP contribution in [0.25, 0.3) is 0 Å². The first-order valence-electron chi connectivity index (χ1n) is 10.4. The maximum atomic E-state index is 11.5. The van der Waals surface area contributed by atoms with Crippen molar-refractivity contribution in [3.8, 4) is 0 Å². The van der Waals surface area contributed by atoms with Gasteiger partial charge in [0, 0.05) is 25.5 Å². The van der Waals surface area contributed by atoms with E-state index in [1.54, 1.807) is 18.3 Å². The van der Waals surface area contributed by atoms with Crippen LogP contribution in [0.3, 0.4) is 0 Å². The first-order chi connectivity index (χ1) is 15.2. The molecule has 0 aliphatic carbocycles. The SMILES string of the molecule is CCNC(=NCc1ccccc1Cn1cccn1)NCCc1ccc(C(=O)OC)cc1.I. The van der Waals surface area contributed by atoms with Gasteiger partial charge in [0.2, 0.25) is 0 Å². The lowest BCUT2D eigenvalue weighted by atomic mass is 10.1. The maximum Gasteiger partial charge on any atom is 0.337 e. The van der Waals surface area contributed by atoms with Crippen molar-refractivity contribution in [3.63, 3.8) is 0 Å². The molecule has 0 saturated heterocycles. The van der Waals surface area contributed by atoms with Crippen LogP contribution in [0.2, 0.25) is 0 Å². The minimum atomic E-state index is -0.320. The predicted octanol–water partition coefficient (Wildman–Crippen LogP) is 3.63. The smallest absolute Gasteiger partial charge is 0.337 e. The highest BCUT2D eigenvalue weighted by Crippen LogP contribution is 2.12. The fourth-order valence-corrected chi connectivity index (χ4v) is 3.19. The third-order valence-electron chi connectivity index (χ3n) is 4.84. The average molecular weight is 547 g/mol. The van der Waals surface area contributed by atoms with E-state index in [1.807, 2.05) is 48.1 Å². The molecule has 0 radical (unpaired) electrons. The minimum absolute atomic E-state index is 0. The molecule has 3 aromatic rings. The monoisotopic (exact) mass is 547 g/mol. The molecule has 3 rings (SSSR count). The van der Waals surface area contributed by atoms with Crippen molar-refractivity contribution >= 4 is 35.9 Å². The van der Waals surface area contributed by atoms with Crippen molar-refractivity contribution in [2.24, 2.45) is 4.99 Å². The van der Waals surface area contributed by atoms with E-state index in [0.29, 0.717) is 12.1 Å². The molecule has 0 saturated carbocycles. The number of halogens is 1. The highest BCUT2D eigenvalue weighted by atomic mass is 127. The van der Waals surface area contributed by atoms with E-state index in [1.165, 1.54) is 18.2 Å². The summed E-state index contributed by atoms with van der Waals surface area (Å²) < 4.78 is 6.65. The van der Waals surface area contributed by atoms with Gasteiger partial charge in [-0.05, 0) is 48.2 Å². The van der Waals surface area contributed by atoms with Gasteiger partial charge in [0.15, 0.2) is 5.96 Å². The number of esters is 1. The van der Waals surface area contributed by atoms with Crippen LogP contribution in [-0.2, 0) is 24.2 Å². The lowest BCUT2D eigenvalue weighted by Crippen LogP contribution is -2.38. The molecule has 2 aromatic carbocycles. The molecule has 0 atom stereocenters. The Hall–Kier alpha value is -2.88. The molecule has 0 aliphatic heterocycles. The number of nitrogens with one attached hydrogen (secondary N) is 2. The first kappa shape index (κ1) is 25.4. The molecular formula is C24H30IN5O2. The van der Waals surface area contributed by atoms with E-state index < -0.39 is 0 Å². The fraction of sp³-hybridized carbons (Fsp3) is 0.292. The highest BCUT2D eigenvalue weighted by molar-refractivity contribution is 14.0. The second kappa shape index (κ2) is 13.5. The third-order valence-corrected chi connectivity index (χ3v) is 4.84. The summed E-state index contributed by atoms with van der Waals surface area (Å²) in [6, 6.07) is 17.7. The number of hydrogen-bond acceptors (Lipinski definition) is 4. The molecule has 2 N–H and O–H groups in total. The highest BCUT2D eigenvalue weighted by Gasteiger charge is 2.06. The summed E-state index contributed by atoms with van der Waals surface area (Å²) in [4.78, 5) is 16.3. The number of carbonyl (C=O) groups is 1. The van der Waals surface area contributed by atoms with Crippen LogP contribution in [0.5, 0.6) is 0 Å². The summed E-state index contributed by atoms with van der Waals surface area (Å²) in [5, 5.41) is 11.0. The van der Waals surface area contributed by atoms with Crippen LogP contribution in [0.15, 0.2) is 72.0 Å². The summed E-state index contributed by atoms with van der Waals surface area (Å²) in [5.41, 5.74) is 4.08. The number of aliphatic imine (C=N–C) groups is 1. The quantitative estimate of drug-likeness (QED) is 0.185. The van der Waals surface area contributed by atoms with Gasteiger partial charge in [-0.25, -0.2) is 9.79 Å². The molecule has 0 bridgehead atoms. The van der Waals surface area contributed by atoms with Crippen LogP contribution in [-0.4, -0.2) is 41.9 Å². The van der Waals surface area contributed by atoms with Crippen LogP contribution in [0, 0.1) is 0 Å². The number of carbonyl (C=O) groups excluding carboxylic acids is 1. The lowest BCUT2D eigenvalue weighted by Gasteiger charge is -2.13. The molecule has 8 heteroatoms. The Morgan fingerprint density at radius 2 is 1.81 bits per heavy atom. The Bertz CT molecular complexity index is 988. The Morgan fingerprint density at radius 3 is 2.47 bits per heavy atom. The van der Waals surface area contributed by atoms with E-state index in [4.69, 9.17) is 9.73 Å². The van der Waals surface area contributed by atoms with Crippen LogP contribution < -0.4 is 10.6 Å². The summed E-state index contributed by atoms with van der Waals surface area (Å²) in [6.07, 6.45) is 4.57. The van der Waals surface area contributed by atoms with Crippen molar-refractivity contribution in [2.45, 2.75) is 26.4 Å². The number of hydrogen-bond donors (Lipinski definition) is 2. The Balaban J connectivity index is 0.00000363. The summed E-state index contributed by atoms with van der Waals surface area (Å²) in [5.74, 6) is 0.460. The topological polar surface area (TPSA) is 80.5 Å². The standard InChI is InChI=1S/C24H29N5O2.HI/c1-3-25-24(26-15-13-19-9-11-20(12-10-19)23(30)31-2)27-17-21-7-4-5-8-22(21)18-29-16-6-14-28-29;/h4-12,14,16H,3,13,15,17-18H2,1-2H3,(H2,25,26,27);1H. The van der Waals surface area contributed by atoms with Crippen LogP contribution in [0.1, 0.15) is 34.0 Å². The summed E-state index contributed by atoms with van der Waals surface area (Å²) in [7, 11) is 1.39. The minimum Gasteiger partial charge on any atom is -0.465 e. The van der Waals surface area contributed by atoms with Gasteiger partial charge >= 0.3 is 5.97 Å². The largest absolute Gasteiger partial charge is 0.465 e. The number of nitrogens with zero attached hydrogens (tertiary/aromatic N) is 3. The summed E-state index contributed by atoms with van der Waals surface area (Å²) in [6.45, 7) is 4.88. The Kier molecular flexibility index (Phi) is 10.7. The zero-order valence-corrected chi connectivity index (χ0v) is 20.8. The van der Waals surface area contributed by atoms with E-state index in [9.17, 15) is 4.79 Å². The molecular weight excluding hydrogens is 517 g/mol. The number of benzene rings is 2. The van der Waals surface area contributed by atoms with E-state index in [2.05, 4.69) is 27.9 Å². The maximum absolute atomic E-state index is 11.5. The van der Waals surface area contributed by atoms with Crippen molar-refractivity contribution < 1.29 is 9.53 Å². The summed E-state index contributed by atoms with van der Waals surface area (Å²) >= 11 is 0. The fourth-order valence-electron chi connectivity index (χ4n) is 3.19. The molecule has 0 unspecified atom stereocenters. The van der Waals surface area contributed by atoms with Crippen molar-refractivity contribution in [2.75, 3.05) is 20.2 Å². The molecule has 0 amide bonds. The van der Waals surface area contributed by atoms with Gasteiger partial charge in [0.25, 0.3) is 0 Å². The number of guanidine groups is 1. The number of ether oxygens (including phenoxy) is 1. The molecule has 170 valence electrons. The normalized spacial score (nSPS) is 10.9. The second-order valence-corrected chi connectivity index (χ2v) is 7.03. The molecule has 1 aromatic heterocycles. The van der Waals surface area contributed by atoms with Gasteiger partial charge in [-0.1, -0.05) is 36.4 Å². The van der Waals surface area contributed by atoms with Gasteiger partial charge in [-0.15, -0.1) is 24.0 Å². The van der Waals surface area contributed by atoms with E-state index >= 15 is 0 Å². The molecule has 1 heterocycles. The first-order valence-corrected chi connectivity index (χ1v) is 10.4. The number of rotatable bonds is 9. The molecule has 0 fully saturated rings. The zero-order valence-electron chi connectivity index (χ0n) is 18.5. The lowest BCUT2D eigenvalue weighted by molar-refractivity contribution is 0.0600. The van der Waals surface area contributed by atoms with E-state index in [0.717, 1.165) is 37.6 Å². The van der Waals surface area contributed by atoms with Gasteiger partial charge in [-0.2, -0.15) is 5.10 Å². The molecule has 32 heavy (non-hydrogen) atoms. The van der Waals surface area contributed by atoms with Crippen molar-refractivity contribution in [1.29, 1.82) is 0 Å². The third kappa shape index (κ3) is 7.67. The predicted molar refractivity (Wildman–Crippen MR) is 137 cm³/mol. The van der Waals surface area contributed by atoms with E-state index in [-0.39, 0.29) is 29.9 Å². The van der Waals surface area contributed by atoms with Gasteiger partial charge in [0.1, 0.15) is 0 Å². The molecule has 7 nitrogen and oxygen atoms in total. The van der Waals surface area contributed by atoms with Crippen LogP contribution in [0.4, 0.5) is 0 Å². The van der Waals surface area contributed by atoms with Crippen molar-refractivity contribution in [3.05, 3.63) is 89.2 Å². The average Bonchev–Trinajstić information content (AvgIpc) is 3.31. The van der Waals surface area contributed by atoms with Crippen LogP contribution >= 0.6 is 24.0 Å².